The molecular formula is C76H58N4. The Balaban J connectivity index is 0.709. The normalized spacial score (nSPS) is 14.9. The highest BCUT2D eigenvalue weighted by Gasteiger charge is 2.38. The van der Waals surface area contributed by atoms with Crippen LogP contribution in [0.25, 0.3) is 72.0 Å². The molecule has 0 spiro atoms. The van der Waals surface area contributed by atoms with Crippen molar-refractivity contribution < 1.29 is 0 Å². The van der Waals surface area contributed by atoms with Gasteiger partial charge < -0.3 is 20.4 Å². The van der Waals surface area contributed by atoms with Crippen LogP contribution in [-0.4, -0.2) is 0 Å². The molecule has 0 radical (unpaired) electrons. The van der Waals surface area contributed by atoms with E-state index in [0.29, 0.717) is 0 Å². The minimum Gasteiger partial charge on any atom is -0.354 e. The Morgan fingerprint density at radius 1 is 0.325 bits per heavy atom. The molecule has 11 aromatic rings. The van der Waals surface area contributed by atoms with Crippen molar-refractivity contribution in [2.45, 2.75) is 51.4 Å². The summed E-state index contributed by atoms with van der Waals surface area (Å²) in [5, 5.41) is 10.3. The van der Waals surface area contributed by atoms with Crippen molar-refractivity contribution >= 4 is 73.2 Å². The lowest BCUT2D eigenvalue weighted by Gasteiger charge is -2.31. The van der Waals surface area contributed by atoms with Crippen LogP contribution in [0.3, 0.4) is 0 Å². The lowest BCUT2D eigenvalue weighted by Crippen LogP contribution is -2.17. The maximum atomic E-state index is 3.93. The molecule has 0 aromatic heterocycles. The number of benzene rings is 11. The van der Waals surface area contributed by atoms with Crippen LogP contribution in [0, 0.1) is 0 Å². The zero-order valence-corrected chi connectivity index (χ0v) is 45.4. The van der Waals surface area contributed by atoms with Crippen LogP contribution in [0.4, 0.5) is 56.9 Å². The monoisotopic (exact) mass is 1030 g/mol. The van der Waals surface area contributed by atoms with Gasteiger partial charge in [-0.3, -0.25) is 0 Å². The molecule has 2 heterocycles. The van der Waals surface area contributed by atoms with Gasteiger partial charge in [-0.25, -0.2) is 0 Å². The van der Waals surface area contributed by atoms with E-state index in [4.69, 9.17) is 0 Å². The Morgan fingerprint density at radius 2 is 0.750 bits per heavy atom. The fraction of sp³-hybridized carbons (Fsp3) is 0.105. The number of para-hydroxylation sites is 2. The van der Waals surface area contributed by atoms with Gasteiger partial charge in [-0.2, -0.15) is 0 Å². The van der Waals surface area contributed by atoms with Crippen LogP contribution in [0.5, 0.6) is 0 Å². The molecule has 0 atom stereocenters. The largest absolute Gasteiger partial charge is 0.354 e. The summed E-state index contributed by atoms with van der Waals surface area (Å²) in [6, 6.07) is 85.6. The number of anilines is 10. The summed E-state index contributed by atoms with van der Waals surface area (Å²) in [5.41, 5.74) is 32.1. The van der Waals surface area contributed by atoms with E-state index in [2.05, 4.69) is 291 Å². The van der Waals surface area contributed by atoms with Gasteiger partial charge in [0.15, 0.2) is 0 Å². The van der Waals surface area contributed by atoms with Crippen LogP contribution in [0.2, 0.25) is 0 Å². The summed E-state index contributed by atoms with van der Waals surface area (Å²) in [4.78, 5) is 4.74. The second kappa shape index (κ2) is 17.4. The Hall–Kier alpha value is -9.64. The second-order valence-electron chi connectivity index (χ2n) is 23.4. The molecule has 3 aliphatic carbocycles. The molecule has 0 saturated carbocycles. The Kier molecular flexibility index (Phi) is 10.1. The summed E-state index contributed by atoms with van der Waals surface area (Å²) < 4.78 is 0. The minimum absolute atomic E-state index is 0.0362. The number of allylic oxidation sites excluding steroid dienone is 4. The maximum absolute atomic E-state index is 3.93. The van der Waals surface area contributed by atoms with E-state index < -0.39 is 0 Å². The maximum Gasteiger partial charge on any atom is 0.0485 e. The zero-order valence-electron chi connectivity index (χ0n) is 45.4. The molecule has 0 unspecified atom stereocenters. The van der Waals surface area contributed by atoms with Gasteiger partial charge in [0.1, 0.15) is 0 Å². The highest BCUT2D eigenvalue weighted by atomic mass is 15.2. The molecule has 0 bridgehead atoms. The first-order chi connectivity index (χ1) is 39.2. The molecule has 382 valence electrons. The number of nitrogens with one attached hydrogen (secondary N) is 2. The van der Waals surface area contributed by atoms with Crippen LogP contribution in [-0.2, 0) is 10.8 Å². The van der Waals surface area contributed by atoms with Crippen molar-refractivity contribution in [3.05, 3.63) is 271 Å². The standard InChI is InChI=1S/C76H58N4/c1-75(2)65-21-13-11-19-57(65)59-35-27-49(43-67(59)75)47-23-29-53(30-24-47)79(51-15-7-5-8-16-51)55-33-37-61-63-39-40-64-62-38-34-56(46-72(62)78-70-42-41-69(73(63)74(64)70)77-71(61)45-55)80(52-17-9-6-10-18-52)54-31-25-48(26-32-54)50-28-36-60-58-20-12-14-22-66(58)76(3,4)68(60)44-50/h5-13,15-21,23-46,77-78H,14,22H2,1-4H3. The van der Waals surface area contributed by atoms with E-state index in [1.54, 1.807) is 5.57 Å². The van der Waals surface area contributed by atoms with Gasteiger partial charge in [-0.05, 0) is 182 Å². The lowest BCUT2D eigenvalue weighted by atomic mass is 9.78. The molecule has 11 aromatic carbocycles. The molecule has 5 aliphatic rings. The summed E-state index contributed by atoms with van der Waals surface area (Å²) in [7, 11) is 0. The van der Waals surface area contributed by atoms with Crippen molar-refractivity contribution in [3.8, 4) is 55.6 Å². The first kappa shape index (κ1) is 46.5. The average Bonchev–Trinajstić information content (AvgIpc) is 3.98. The number of fused-ring (bicyclic) bond motifs is 9. The fourth-order valence-electron chi connectivity index (χ4n) is 14.2. The molecule has 4 nitrogen and oxygen atoms in total. The van der Waals surface area contributed by atoms with E-state index in [1.807, 2.05) is 0 Å². The van der Waals surface area contributed by atoms with Gasteiger partial charge in [0.05, 0.1) is 0 Å². The first-order valence-corrected chi connectivity index (χ1v) is 28.3. The third kappa shape index (κ3) is 7.01. The van der Waals surface area contributed by atoms with E-state index >= 15 is 0 Å². The van der Waals surface area contributed by atoms with Crippen molar-refractivity contribution in [2.24, 2.45) is 0 Å². The van der Waals surface area contributed by atoms with Crippen LogP contribution >= 0.6 is 0 Å². The summed E-state index contributed by atoms with van der Waals surface area (Å²) in [6.45, 7) is 9.50. The van der Waals surface area contributed by atoms with Crippen molar-refractivity contribution in [2.75, 3.05) is 20.4 Å². The van der Waals surface area contributed by atoms with Gasteiger partial charge in [0.25, 0.3) is 0 Å². The van der Waals surface area contributed by atoms with Gasteiger partial charge in [0, 0.05) is 89.6 Å². The van der Waals surface area contributed by atoms with E-state index in [9.17, 15) is 0 Å². The smallest absolute Gasteiger partial charge is 0.0485 e. The molecule has 0 amide bonds. The first-order valence-electron chi connectivity index (χ1n) is 28.3. The Morgan fingerprint density at radius 3 is 1.30 bits per heavy atom. The van der Waals surface area contributed by atoms with Gasteiger partial charge >= 0.3 is 0 Å². The van der Waals surface area contributed by atoms with Crippen LogP contribution < -0.4 is 20.4 Å². The average molecular weight is 1030 g/mol. The van der Waals surface area contributed by atoms with Crippen LogP contribution in [0.1, 0.15) is 62.8 Å². The molecule has 2 N–H and O–H groups in total. The number of hydrogen-bond acceptors (Lipinski definition) is 4. The number of hydrogen-bond donors (Lipinski definition) is 2. The van der Waals surface area contributed by atoms with Crippen molar-refractivity contribution in [1.29, 1.82) is 0 Å². The van der Waals surface area contributed by atoms with E-state index in [1.165, 1.54) is 94.2 Å². The third-order valence-electron chi connectivity index (χ3n) is 18.2. The SMILES string of the molecule is CC1(C)C2=C(C=CCC2)c2ccc(-c3ccc(N(c4ccccc4)c4ccc5c(c4)Nc4ccc6c7c(ccc-5c47)-c4ccc(N(c5ccccc5)c5ccc(-c7ccc8c(c7)C(C)(C)c7ccccc7-8)cc5)cc4N6)cc3)cc21. The second-order valence-corrected chi connectivity index (χ2v) is 23.4. The topological polar surface area (TPSA) is 30.5 Å². The van der Waals surface area contributed by atoms with E-state index in [-0.39, 0.29) is 10.8 Å². The predicted octanol–water partition coefficient (Wildman–Crippen LogP) is 21.3. The highest BCUT2D eigenvalue weighted by Crippen LogP contribution is 2.56. The van der Waals surface area contributed by atoms with Gasteiger partial charge in [-0.15, -0.1) is 0 Å². The van der Waals surface area contributed by atoms with Crippen molar-refractivity contribution in [1.82, 2.24) is 0 Å². The molecular weight excluding hydrogens is 969 g/mol. The van der Waals surface area contributed by atoms with Gasteiger partial charge in [0.2, 0.25) is 0 Å². The summed E-state index contributed by atoms with van der Waals surface area (Å²) in [5.74, 6) is 0. The Labute approximate surface area is 468 Å². The summed E-state index contributed by atoms with van der Waals surface area (Å²) >= 11 is 0. The Bertz CT molecular complexity index is 4450. The molecule has 16 rings (SSSR count). The fourth-order valence-corrected chi connectivity index (χ4v) is 14.2. The summed E-state index contributed by atoms with van der Waals surface area (Å²) in [6.07, 6.45) is 6.95. The molecule has 2 aliphatic heterocycles. The quantitative estimate of drug-likeness (QED) is 0.159. The molecule has 4 heteroatoms. The highest BCUT2D eigenvalue weighted by molar-refractivity contribution is 6.22. The van der Waals surface area contributed by atoms with Gasteiger partial charge in [-0.1, -0.05) is 179 Å². The van der Waals surface area contributed by atoms with Crippen molar-refractivity contribution in [3.63, 3.8) is 0 Å². The lowest BCUT2D eigenvalue weighted by molar-refractivity contribution is 0.607. The van der Waals surface area contributed by atoms with Crippen LogP contribution in [0.15, 0.2) is 248 Å². The minimum atomic E-state index is -0.0496. The molecule has 0 saturated heterocycles. The zero-order chi connectivity index (χ0) is 53.4. The molecule has 80 heavy (non-hydrogen) atoms. The third-order valence-corrected chi connectivity index (χ3v) is 18.2. The molecule has 0 fully saturated rings. The number of rotatable bonds is 8. The predicted molar refractivity (Wildman–Crippen MR) is 338 cm³/mol. The number of nitrogens with zero attached hydrogens (tertiary/aromatic N) is 2. The van der Waals surface area contributed by atoms with E-state index in [0.717, 1.165) is 69.7 Å².